The Morgan fingerprint density at radius 1 is 1.14 bits per heavy atom. The van der Waals surface area contributed by atoms with Crippen LogP contribution >= 0.6 is 11.6 Å². The van der Waals surface area contributed by atoms with E-state index in [9.17, 15) is 14.0 Å². The van der Waals surface area contributed by atoms with Gasteiger partial charge in [-0.05, 0) is 30.3 Å². The summed E-state index contributed by atoms with van der Waals surface area (Å²) in [7, 11) is 1.25. The first-order chi connectivity index (χ1) is 10.0. The molecule has 108 valence electrons. The molecule has 0 unspecified atom stereocenters. The van der Waals surface area contributed by atoms with Gasteiger partial charge in [-0.3, -0.25) is 4.79 Å². The lowest BCUT2D eigenvalue weighted by atomic mass is 10.1. The van der Waals surface area contributed by atoms with E-state index in [-0.39, 0.29) is 21.8 Å². The Balaban J connectivity index is 2.30. The Kier molecular flexibility index (Phi) is 4.55. The summed E-state index contributed by atoms with van der Waals surface area (Å²) in [6, 6.07) is 9.83. The fourth-order valence-corrected chi connectivity index (χ4v) is 2.00. The molecule has 2 rings (SSSR count). The molecule has 0 spiro atoms. The lowest BCUT2D eigenvalue weighted by Gasteiger charge is -2.10. The highest BCUT2D eigenvalue weighted by Gasteiger charge is 2.16. The Morgan fingerprint density at radius 2 is 1.86 bits per heavy atom. The number of ether oxygens (including phenoxy) is 1. The fourth-order valence-electron chi connectivity index (χ4n) is 1.74. The Labute approximate surface area is 125 Å². The maximum atomic E-state index is 13.0. The number of amides is 1. The second-order valence-electron chi connectivity index (χ2n) is 4.12. The quantitative estimate of drug-likeness (QED) is 0.883. The van der Waals surface area contributed by atoms with Crippen molar-refractivity contribution in [2.45, 2.75) is 0 Å². The zero-order valence-corrected chi connectivity index (χ0v) is 11.8. The molecule has 2 aromatic rings. The number of para-hydroxylation sites is 1. The van der Waals surface area contributed by atoms with Gasteiger partial charge in [-0.2, -0.15) is 0 Å². The topological polar surface area (TPSA) is 55.4 Å². The van der Waals surface area contributed by atoms with Gasteiger partial charge >= 0.3 is 5.97 Å². The third kappa shape index (κ3) is 3.38. The van der Waals surface area contributed by atoms with Crippen LogP contribution in [0.25, 0.3) is 0 Å². The smallest absolute Gasteiger partial charge is 0.339 e. The normalized spacial score (nSPS) is 10.0. The molecule has 4 nitrogen and oxygen atoms in total. The molecule has 0 saturated carbocycles. The number of nitrogens with one attached hydrogen (secondary N) is 1. The van der Waals surface area contributed by atoms with Crippen molar-refractivity contribution in [2.24, 2.45) is 0 Å². The summed E-state index contributed by atoms with van der Waals surface area (Å²) in [6.45, 7) is 0. The van der Waals surface area contributed by atoms with Crippen molar-refractivity contribution in [2.75, 3.05) is 12.4 Å². The molecule has 0 atom stereocenters. The van der Waals surface area contributed by atoms with Crippen molar-refractivity contribution in [1.29, 1.82) is 0 Å². The molecule has 0 aliphatic carbocycles. The van der Waals surface area contributed by atoms with Gasteiger partial charge in [0.05, 0.1) is 28.9 Å². The van der Waals surface area contributed by atoms with Crippen molar-refractivity contribution in [1.82, 2.24) is 0 Å². The summed E-state index contributed by atoms with van der Waals surface area (Å²) in [5.41, 5.74) is 0.610. The zero-order valence-electron chi connectivity index (χ0n) is 11.0. The highest BCUT2D eigenvalue weighted by molar-refractivity contribution is 6.34. The van der Waals surface area contributed by atoms with Crippen LogP contribution < -0.4 is 5.32 Å². The van der Waals surface area contributed by atoms with E-state index in [1.807, 2.05) is 0 Å². The molecule has 0 aromatic heterocycles. The van der Waals surface area contributed by atoms with Crippen LogP contribution in [0.3, 0.4) is 0 Å². The summed E-state index contributed by atoms with van der Waals surface area (Å²) in [4.78, 5) is 23.8. The minimum absolute atomic E-state index is 0.0111. The van der Waals surface area contributed by atoms with Crippen LogP contribution in [0.4, 0.5) is 10.1 Å². The second-order valence-corrected chi connectivity index (χ2v) is 4.52. The zero-order chi connectivity index (χ0) is 15.4. The number of carbonyl (C=O) groups is 2. The molecule has 6 heteroatoms. The van der Waals surface area contributed by atoms with Crippen LogP contribution in [-0.4, -0.2) is 19.0 Å². The van der Waals surface area contributed by atoms with Crippen molar-refractivity contribution >= 4 is 29.2 Å². The minimum Gasteiger partial charge on any atom is -0.465 e. The van der Waals surface area contributed by atoms with E-state index >= 15 is 0 Å². The molecule has 0 fully saturated rings. The van der Waals surface area contributed by atoms with E-state index in [1.165, 1.54) is 19.2 Å². The van der Waals surface area contributed by atoms with Gasteiger partial charge in [0.15, 0.2) is 0 Å². The number of hydrogen-bond acceptors (Lipinski definition) is 3. The average molecular weight is 308 g/mol. The number of hydrogen-bond donors (Lipinski definition) is 1. The van der Waals surface area contributed by atoms with Crippen molar-refractivity contribution in [3.63, 3.8) is 0 Å². The first-order valence-corrected chi connectivity index (χ1v) is 6.34. The Bertz CT molecular complexity index is 703. The maximum absolute atomic E-state index is 13.0. The van der Waals surface area contributed by atoms with Gasteiger partial charge in [0.25, 0.3) is 5.91 Å². The molecule has 0 saturated heterocycles. The van der Waals surface area contributed by atoms with Gasteiger partial charge in [-0.25, -0.2) is 9.18 Å². The molecular weight excluding hydrogens is 297 g/mol. The SMILES string of the molecule is COC(=O)c1ccccc1NC(=O)c1ccc(F)cc1Cl. The Hall–Kier alpha value is -2.40. The summed E-state index contributed by atoms with van der Waals surface area (Å²) in [6.07, 6.45) is 0. The van der Waals surface area contributed by atoms with Crippen LogP contribution in [0, 0.1) is 5.82 Å². The lowest BCUT2D eigenvalue weighted by Crippen LogP contribution is -2.15. The first-order valence-electron chi connectivity index (χ1n) is 5.96. The van der Waals surface area contributed by atoms with E-state index in [2.05, 4.69) is 10.1 Å². The number of rotatable bonds is 3. The summed E-state index contributed by atoms with van der Waals surface area (Å²) in [5.74, 6) is -1.65. The minimum atomic E-state index is -0.573. The number of anilines is 1. The third-order valence-corrected chi connectivity index (χ3v) is 3.07. The van der Waals surface area contributed by atoms with Crippen LogP contribution in [-0.2, 0) is 4.74 Å². The lowest BCUT2D eigenvalue weighted by molar-refractivity contribution is 0.0602. The molecular formula is C15H11ClFNO3. The van der Waals surface area contributed by atoms with Crippen LogP contribution in [0.5, 0.6) is 0 Å². The number of esters is 1. The Morgan fingerprint density at radius 3 is 2.52 bits per heavy atom. The number of benzene rings is 2. The van der Waals surface area contributed by atoms with E-state index in [0.29, 0.717) is 0 Å². The van der Waals surface area contributed by atoms with Crippen LogP contribution in [0.15, 0.2) is 42.5 Å². The van der Waals surface area contributed by atoms with Gasteiger partial charge < -0.3 is 10.1 Å². The van der Waals surface area contributed by atoms with Crippen LogP contribution in [0.1, 0.15) is 20.7 Å². The molecule has 1 N–H and O–H groups in total. The first kappa shape index (κ1) is 15.0. The van der Waals surface area contributed by atoms with E-state index in [1.54, 1.807) is 18.2 Å². The average Bonchev–Trinajstić information content (AvgIpc) is 2.46. The third-order valence-electron chi connectivity index (χ3n) is 2.76. The predicted molar refractivity (Wildman–Crippen MR) is 77.1 cm³/mol. The van der Waals surface area contributed by atoms with Gasteiger partial charge in [-0.15, -0.1) is 0 Å². The van der Waals surface area contributed by atoms with Crippen molar-refractivity contribution < 1.29 is 18.7 Å². The molecule has 0 heterocycles. The van der Waals surface area contributed by atoms with E-state index in [0.717, 1.165) is 12.1 Å². The molecule has 21 heavy (non-hydrogen) atoms. The molecule has 2 aromatic carbocycles. The highest BCUT2D eigenvalue weighted by Crippen LogP contribution is 2.21. The van der Waals surface area contributed by atoms with E-state index in [4.69, 9.17) is 11.6 Å². The second kappa shape index (κ2) is 6.37. The summed E-state index contributed by atoms with van der Waals surface area (Å²) < 4.78 is 17.6. The summed E-state index contributed by atoms with van der Waals surface area (Å²) >= 11 is 5.83. The van der Waals surface area contributed by atoms with Crippen molar-refractivity contribution in [3.8, 4) is 0 Å². The number of halogens is 2. The van der Waals surface area contributed by atoms with Gasteiger partial charge in [0.1, 0.15) is 5.82 Å². The van der Waals surface area contributed by atoms with Crippen LogP contribution in [0.2, 0.25) is 5.02 Å². The van der Waals surface area contributed by atoms with Gasteiger partial charge in [-0.1, -0.05) is 23.7 Å². The summed E-state index contributed by atoms with van der Waals surface area (Å²) in [5, 5.41) is 2.54. The molecule has 0 bridgehead atoms. The molecule has 0 aliphatic rings. The molecule has 0 radical (unpaired) electrons. The monoisotopic (exact) mass is 307 g/mol. The maximum Gasteiger partial charge on any atom is 0.339 e. The number of carbonyl (C=O) groups excluding carboxylic acids is 2. The van der Waals surface area contributed by atoms with Crippen molar-refractivity contribution in [3.05, 3.63) is 64.4 Å². The predicted octanol–water partition coefficient (Wildman–Crippen LogP) is 3.52. The molecule has 0 aliphatic heterocycles. The van der Waals surface area contributed by atoms with Gasteiger partial charge in [0, 0.05) is 0 Å². The standard InChI is InChI=1S/C15H11ClFNO3/c1-21-15(20)11-4-2-3-5-13(11)18-14(19)10-7-6-9(17)8-12(10)16/h2-8H,1H3,(H,18,19). The molecule has 1 amide bonds. The fraction of sp³-hybridized carbons (Fsp3) is 0.0667. The number of methoxy groups -OCH3 is 1. The highest BCUT2D eigenvalue weighted by atomic mass is 35.5. The van der Waals surface area contributed by atoms with Gasteiger partial charge in [0.2, 0.25) is 0 Å². The van der Waals surface area contributed by atoms with E-state index < -0.39 is 17.7 Å². The largest absolute Gasteiger partial charge is 0.465 e.